The van der Waals surface area contributed by atoms with E-state index >= 15 is 0 Å². The fourth-order valence-corrected chi connectivity index (χ4v) is 3.69. The molecule has 2 aromatic rings. The van der Waals surface area contributed by atoms with Gasteiger partial charge < -0.3 is 30.5 Å². The maximum Gasteiger partial charge on any atom is 0.410 e. The number of nitrogens with zero attached hydrogens (tertiary/aromatic N) is 2. The highest BCUT2D eigenvalue weighted by atomic mass is 32.1. The highest BCUT2D eigenvalue weighted by Gasteiger charge is 2.23. The van der Waals surface area contributed by atoms with E-state index in [0.29, 0.717) is 31.0 Å². The molecule has 0 unspecified atom stereocenters. The number of nitrogens with one attached hydrogen (secondary N) is 2. The quantitative estimate of drug-likeness (QED) is 0.236. The van der Waals surface area contributed by atoms with E-state index in [1.807, 2.05) is 6.92 Å². The van der Waals surface area contributed by atoms with Crippen LogP contribution in [0, 0.1) is 24.4 Å². The Morgan fingerprint density at radius 2 is 1.97 bits per heavy atom. The van der Waals surface area contributed by atoms with Crippen molar-refractivity contribution >= 4 is 28.7 Å². The number of aromatic nitrogens is 1. The molecule has 0 radical (unpaired) electrons. The van der Waals surface area contributed by atoms with E-state index in [9.17, 15) is 22.8 Å². The third-order valence-electron chi connectivity index (χ3n) is 4.89. The minimum atomic E-state index is -1.41. The van der Waals surface area contributed by atoms with Crippen molar-refractivity contribution < 1.29 is 37.3 Å². The summed E-state index contributed by atoms with van der Waals surface area (Å²) in [5.41, 5.74) is 4.17. The van der Waals surface area contributed by atoms with E-state index in [2.05, 4.69) is 19.9 Å². The van der Waals surface area contributed by atoms with Gasteiger partial charge in [0.1, 0.15) is 12.4 Å². The first kappa shape index (κ1) is 28.1. The van der Waals surface area contributed by atoms with Crippen LogP contribution in [-0.4, -0.2) is 59.3 Å². The predicted molar refractivity (Wildman–Crippen MR) is 123 cm³/mol. The van der Waals surface area contributed by atoms with Crippen LogP contribution in [0.1, 0.15) is 30.9 Å². The number of carbonyl (C=O) groups is 2. The average molecular weight is 520 g/mol. The summed E-state index contributed by atoms with van der Waals surface area (Å²) in [5, 5.41) is 14.0. The molecular formula is C21H28F3N5O5S. The Bertz CT molecular complexity index is 1020. The highest BCUT2D eigenvalue weighted by Crippen LogP contribution is 2.39. The molecule has 0 atom stereocenters. The molecule has 194 valence electrons. The number of urea groups is 1. The Labute approximate surface area is 204 Å². The lowest BCUT2D eigenvalue weighted by atomic mass is 10.1. The number of rotatable bonds is 13. The van der Waals surface area contributed by atoms with Crippen LogP contribution in [0.25, 0.3) is 0 Å². The molecule has 0 bridgehead atoms. The lowest BCUT2D eigenvalue weighted by Gasteiger charge is -2.18. The van der Waals surface area contributed by atoms with Crippen molar-refractivity contribution in [3.63, 3.8) is 0 Å². The summed E-state index contributed by atoms with van der Waals surface area (Å²) in [4.78, 5) is 25.6. The zero-order valence-corrected chi connectivity index (χ0v) is 20.1. The Morgan fingerprint density at radius 1 is 1.23 bits per heavy atom. The third-order valence-corrected chi connectivity index (χ3v) is 5.62. The van der Waals surface area contributed by atoms with Crippen LogP contribution in [0.4, 0.5) is 27.8 Å². The summed E-state index contributed by atoms with van der Waals surface area (Å²) in [6.45, 7) is 5.05. The Hall–Kier alpha value is -3.10. The fraction of sp³-hybridized carbons (Fsp3) is 0.476. The summed E-state index contributed by atoms with van der Waals surface area (Å²) in [7, 11) is 0. The summed E-state index contributed by atoms with van der Waals surface area (Å²) < 4.78 is 55.9. The Morgan fingerprint density at radius 3 is 2.63 bits per heavy atom. The first-order valence-corrected chi connectivity index (χ1v) is 11.6. The second kappa shape index (κ2) is 13.7. The first-order valence-electron chi connectivity index (χ1n) is 10.8. The summed E-state index contributed by atoms with van der Waals surface area (Å²) in [6.07, 6.45) is 0.247. The zero-order chi connectivity index (χ0) is 26.0. The molecule has 0 aliphatic rings. The normalized spacial score (nSPS) is 10.9. The van der Waals surface area contributed by atoms with E-state index in [-0.39, 0.29) is 28.8 Å². The number of aliphatic hydroxyl groups is 1. The molecule has 5 N–H and O–H groups in total. The van der Waals surface area contributed by atoms with E-state index in [0.717, 1.165) is 25.6 Å². The second-order valence-electron chi connectivity index (χ2n) is 7.38. The van der Waals surface area contributed by atoms with Crippen molar-refractivity contribution in [2.75, 3.05) is 38.1 Å². The molecule has 1 aromatic carbocycles. The number of benzene rings is 1. The van der Waals surface area contributed by atoms with Gasteiger partial charge in [-0.3, -0.25) is 5.32 Å². The molecule has 3 amide bonds. The molecule has 1 aromatic heterocycles. The van der Waals surface area contributed by atoms with Gasteiger partial charge in [-0.2, -0.15) is 0 Å². The largest absolute Gasteiger partial charge is 0.469 e. The molecule has 0 aliphatic carbocycles. The molecule has 1 heterocycles. The van der Waals surface area contributed by atoms with Crippen LogP contribution >= 0.6 is 11.5 Å². The minimum Gasteiger partial charge on any atom is -0.469 e. The standard InChI is InChI=1S/C21H28F3N5O5S/c1-3-29(8-9-30)7-5-4-6-26-21(32)27-19-17(34-20(25)31)18(28-35-19)33-11-13-14(22)10-12(2)15(23)16(13)24/h10,30H,3-9,11H2,1-2H3,(H2,25,31)(H2,26,27,32). The second-order valence-corrected chi connectivity index (χ2v) is 8.16. The molecule has 0 fully saturated rings. The van der Waals surface area contributed by atoms with Gasteiger partial charge in [-0.05, 0) is 56.0 Å². The van der Waals surface area contributed by atoms with Crippen molar-refractivity contribution in [3.8, 4) is 11.6 Å². The van der Waals surface area contributed by atoms with Crippen molar-refractivity contribution in [3.05, 3.63) is 34.6 Å². The maximum absolute atomic E-state index is 14.1. The number of unbranched alkanes of at least 4 members (excludes halogenated alkanes) is 1. The number of aliphatic hydroxyl groups excluding tert-OH is 1. The van der Waals surface area contributed by atoms with Crippen LogP contribution in [0.5, 0.6) is 11.6 Å². The summed E-state index contributed by atoms with van der Waals surface area (Å²) in [5.74, 6) is -4.37. The molecule has 14 heteroatoms. The number of halogens is 3. The molecular weight excluding hydrogens is 491 g/mol. The summed E-state index contributed by atoms with van der Waals surface area (Å²) in [6, 6.07) is 0.206. The van der Waals surface area contributed by atoms with Crippen LogP contribution in [0.2, 0.25) is 0 Å². The smallest absolute Gasteiger partial charge is 0.410 e. The first-order chi connectivity index (χ1) is 16.7. The monoisotopic (exact) mass is 519 g/mol. The number of amides is 3. The number of anilines is 1. The zero-order valence-electron chi connectivity index (χ0n) is 19.3. The summed E-state index contributed by atoms with van der Waals surface area (Å²) >= 11 is 0.680. The number of nitrogens with two attached hydrogens (primary N) is 1. The predicted octanol–water partition coefficient (Wildman–Crippen LogP) is 3.12. The van der Waals surface area contributed by atoms with E-state index in [1.54, 1.807) is 0 Å². The number of likely N-dealkylation sites (N-methyl/N-ethyl adjacent to an activating group) is 1. The van der Waals surface area contributed by atoms with Crippen molar-refractivity contribution in [1.82, 2.24) is 14.6 Å². The average Bonchev–Trinajstić information content (AvgIpc) is 3.16. The van der Waals surface area contributed by atoms with Crippen molar-refractivity contribution in [2.45, 2.75) is 33.3 Å². The molecule has 35 heavy (non-hydrogen) atoms. The van der Waals surface area contributed by atoms with Gasteiger partial charge in [-0.15, -0.1) is 4.37 Å². The third kappa shape index (κ3) is 8.26. The lowest BCUT2D eigenvalue weighted by molar-refractivity contribution is 0.199. The van der Waals surface area contributed by atoms with Gasteiger partial charge in [0.25, 0.3) is 5.88 Å². The Balaban J connectivity index is 1.98. The number of hydrogen-bond acceptors (Lipinski definition) is 8. The number of primary amides is 1. The van der Waals surface area contributed by atoms with Crippen molar-refractivity contribution in [2.24, 2.45) is 5.73 Å². The van der Waals surface area contributed by atoms with Gasteiger partial charge in [-0.25, -0.2) is 22.8 Å². The molecule has 0 saturated heterocycles. The van der Waals surface area contributed by atoms with Gasteiger partial charge in [0.05, 0.1) is 12.2 Å². The van der Waals surface area contributed by atoms with Gasteiger partial charge in [-0.1, -0.05) is 6.92 Å². The highest BCUT2D eigenvalue weighted by molar-refractivity contribution is 7.11. The fourth-order valence-electron chi connectivity index (χ4n) is 3.03. The van der Waals surface area contributed by atoms with E-state index < -0.39 is 41.7 Å². The Kier molecular flexibility index (Phi) is 11.0. The van der Waals surface area contributed by atoms with Crippen LogP contribution in [-0.2, 0) is 6.61 Å². The van der Waals surface area contributed by atoms with Crippen LogP contribution in [0.3, 0.4) is 0 Å². The molecule has 10 nitrogen and oxygen atoms in total. The minimum absolute atomic E-state index is 0.0348. The van der Waals surface area contributed by atoms with E-state index in [1.165, 1.54) is 6.92 Å². The lowest BCUT2D eigenvalue weighted by Crippen LogP contribution is -2.31. The van der Waals surface area contributed by atoms with Crippen LogP contribution in [0.15, 0.2) is 6.07 Å². The van der Waals surface area contributed by atoms with Crippen LogP contribution < -0.4 is 25.8 Å². The molecule has 2 rings (SSSR count). The van der Waals surface area contributed by atoms with Crippen molar-refractivity contribution in [1.29, 1.82) is 0 Å². The molecule has 0 saturated carbocycles. The van der Waals surface area contributed by atoms with Gasteiger partial charge in [0, 0.05) is 13.1 Å². The van der Waals surface area contributed by atoms with Gasteiger partial charge >= 0.3 is 12.1 Å². The topological polar surface area (TPSA) is 139 Å². The van der Waals surface area contributed by atoms with E-state index in [4.69, 9.17) is 20.3 Å². The van der Waals surface area contributed by atoms with Gasteiger partial charge in [0.15, 0.2) is 16.6 Å². The number of hydrogen-bond donors (Lipinski definition) is 4. The SMILES string of the molecule is CCN(CCO)CCCCNC(=O)Nc1snc(OCc2c(F)cc(C)c(F)c2F)c1OC(N)=O. The number of aryl methyl sites for hydroxylation is 1. The molecule has 0 aliphatic heterocycles. The maximum atomic E-state index is 14.1. The molecule has 0 spiro atoms. The number of ether oxygens (including phenoxy) is 2. The number of carbonyl (C=O) groups excluding carboxylic acids is 2. The van der Waals surface area contributed by atoms with Gasteiger partial charge in [0.2, 0.25) is 5.75 Å².